The standard InChI is InChI=1S/C22H19N3O4S/c1-4-29-21-18-17(13-6-5-12(10-23)9-15(13)28-3)16(22(26)27)11(2)24-19(18)20-14(25-21)7-8-30-20/h5-9,17,24H,4H2,1-3H3,(H,26,27). The van der Waals surface area contributed by atoms with Crippen LogP contribution >= 0.6 is 11.3 Å². The molecule has 1 aromatic carbocycles. The summed E-state index contributed by atoms with van der Waals surface area (Å²) in [5.74, 6) is -0.904. The van der Waals surface area contributed by atoms with Crippen molar-refractivity contribution in [2.45, 2.75) is 19.8 Å². The minimum Gasteiger partial charge on any atom is -0.496 e. The summed E-state index contributed by atoms with van der Waals surface area (Å²) in [6, 6.07) is 9.01. The van der Waals surface area contributed by atoms with Crippen LogP contribution in [0, 0.1) is 11.3 Å². The molecular formula is C22H19N3O4S. The van der Waals surface area contributed by atoms with Gasteiger partial charge in [-0.15, -0.1) is 11.3 Å². The lowest BCUT2D eigenvalue weighted by molar-refractivity contribution is -0.132. The van der Waals surface area contributed by atoms with Crippen LogP contribution in [0.15, 0.2) is 40.9 Å². The molecule has 30 heavy (non-hydrogen) atoms. The second-order valence-corrected chi connectivity index (χ2v) is 7.66. The van der Waals surface area contributed by atoms with E-state index in [1.54, 1.807) is 25.1 Å². The molecule has 0 fully saturated rings. The Hall–Kier alpha value is -3.57. The van der Waals surface area contributed by atoms with Crippen molar-refractivity contribution in [1.82, 2.24) is 4.98 Å². The maximum absolute atomic E-state index is 12.3. The summed E-state index contributed by atoms with van der Waals surface area (Å²) < 4.78 is 12.3. The zero-order valence-corrected chi connectivity index (χ0v) is 17.5. The van der Waals surface area contributed by atoms with E-state index in [0.29, 0.717) is 40.6 Å². The number of hydrogen-bond donors (Lipinski definition) is 2. The van der Waals surface area contributed by atoms with Gasteiger partial charge in [-0.05, 0) is 37.4 Å². The Morgan fingerprint density at radius 1 is 1.40 bits per heavy atom. The number of benzene rings is 1. The zero-order chi connectivity index (χ0) is 21.4. The Balaban J connectivity index is 2.09. The summed E-state index contributed by atoms with van der Waals surface area (Å²) in [6.07, 6.45) is 0. The molecular weight excluding hydrogens is 402 g/mol. The van der Waals surface area contributed by atoms with Crippen molar-refractivity contribution in [3.63, 3.8) is 0 Å². The van der Waals surface area contributed by atoms with Gasteiger partial charge in [0.05, 0.1) is 58.3 Å². The third-order valence-corrected chi connectivity index (χ3v) is 5.99. The molecule has 2 N–H and O–H groups in total. The van der Waals surface area contributed by atoms with Gasteiger partial charge in [0.15, 0.2) is 0 Å². The van der Waals surface area contributed by atoms with Crippen LogP contribution in [0.1, 0.15) is 36.5 Å². The summed E-state index contributed by atoms with van der Waals surface area (Å²) in [5, 5.41) is 24.6. The first-order chi connectivity index (χ1) is 14.5. The van der Waals surface area contributed by atoms with Crippen molar-refractivity contribution < 1.29 is 19.4 Å². The average molecular weight is 421 g/mol. The van der Waals surface area contributed by atoms with Gasteiger partial charge in [0.25, 0.3) is 0 Å². The van der Waals surface area contributed by atoms with E-state index >= 15 is 0 Å². The predicted molar refractivity (Wildman–Crippen MR) is 114 cm³/mol. The minimum atomic E-state index is -1.05. The van der Waals surface area contributed by atoms with Crippen molar-refractivity contribution >= 4 is 33.2 Å². The molecule has 1 aliphatic heterocycles. The molecule has 0 amide bonds. The molecule has 3 aromatic rings. The van der Waals surface area contributed by atoms with Gasteiger partial charge in [0.2, 0.25) is 5.88 Å². The second-order valence-electron chi connectivity index (χ2n) is 6.74. The predicted octanol–water partition coefficient (Wildman–Crippen LogP) is 4.49. The third kappa shape index (κ3) is 3.04. The summed E-state index contributed by atoms with van der Waals surface area (Å²) in [6.45, 7) is 3.99. The molecule has 0 radical (unpaired) electrons. The lowest BCUT2D eigenvalue weighted by Gasteiger charge is -2.31. The number of rotatable bonds is 5. The first kappa shape index (κ1) is 19.7. The number of carboxylic acid groups (broad SMARTS) is 1. The van der Waals surface area contributed by atoms with Crippen molar-refractivity contribution in [3.05, 3.63) is 57.6 Å². The highest BCUT2D eigenvalue weighted by molar-refractivity contribution is 7.17. The molecule has 7 nitrogen and oxygen atoms in total. The largest absolute Gasteiger partial charge is 0.496 e. The van der Waals surface area contributed by atoms with Crippen LogP contribution in [-0.4, -0.2) is 29.8 Å². The van der Waals surface area contributed by atoms with E-state index in [1.165, 1.54) is 18.4 Å². The second kappa shape index (κ2) is 7.69. The van der Waals surface area contributed by atoms with E-state index in [0.717, 1.165) is 15.9 Å². The van der Waals surface area contributed by atoms with Gasteiger partial charge in [-0.3, -0.25) is 0 Å². The molecule has 1 atom stereocenters. The first-order valence-electron chi connectivity index (χ1n) is 9.33. The lowest BCUT2D eigenvalue weighted by Crippen LogP contribution is -2.24. The van der Waals surface area contributed by atoms with E-state index in [2.05, 4.69) is 16.4 Å². The molecule has 0 aliphatic carbocycles. The molecule has 0 saturated heterocycles. The Morgan fingerprint density at radius 2 is 2.20 bits per heavy atom. The van der Waals surface area contributed by atoms with E-state index in [1.807, 2.05) is 18.4 Å². The maximum atomic E-state index is 12.3. The summed E-state index contributed by atoms with van der Waals surface area (Å²) in [7, 11) is 1.50. The average Bonchev–Trinajstić information content (AvgIpc) is 3.21. The topological polar surface area (TPSA) is 104 Å². The number of thiophene rings is 1. The number of nitrogens with zero attached hydrogens (tertiary/aromatic N) is 2. The Morgan fingerprint density at radius 3 is 2.87 bits per heavy atom. The SMILES string of the molecule is CCOc1nc2ccsc2c2c1C(c1ccc(C#N)cc1OC)C(C(=O)O)=C(C)N2. The molecule has 1 aliphatic rings. The summed E-state index contributed by atoms with van der Waals surface area (Å²) in [5.41, 5.74) is 4.01. The fraction of sp³-hybridized carbons (Fsp3) is 0.227. The highest BCUT2D eigenvalue weighted by Gasteiger charge is 2.38. The molecule has 1 unspecified atom stereocenters. The normalized spacial score (nSPS) is 15.3. The highest BCUT2D eigenvalue weighted by atomic mass is 32.1. The number of hydrogen-bond acceptors (Lipinski definition) is 7. The van der Waals surface area contributed by atoms with Crippen LogP contribution in [0.5, 0.6) is 11.6 Å². The van der Waals surface area contributed by atoms with Gasteiger partial charge in [0.1, 0.15) is 5.75 Å². The van der Waals surface area contributed by atoms with Gasteiger partial charge < -0.3 is 19.9 Å². The van der Waals surface area contributed by atoms with Crippen LogP contribution in [-0.2, 0) is 4.79 Å². The van der Waals surface area contributed by atoms with Gasteiger partial charge >= 0.3 is 5.97 Å². The number of anilines is 1. The van der Waals surface area contributed by atoms with E-state index in [9.17, 15) is 15.2 Å². The molecule has 3 heterocycles. The smallest absolute Gasteiger partial charge is 0.334 e. The number of aliphatic carboxylic acids is 1. The number of nitriles is 1. The number of allylic oxidation sites excluding steroid dienone is 1. The van der Waals surface area contributed by atoms with Crippen molar-refractivity contribution in [2.75, 3.05) is 19.0 Å². The zero-order valence-electron chi connectivity index (χ0n) is 16.6. The minimum absolute atomic E-state index is 0.184. The fourth-order valence-electron chi connectivity index (χ4n) is 3.84. The Kier molecular flexibility index (Phi) is 5.06. The molecule has 0 bridgehead atoms. The third-order valence-electron chi connectivity index (χ3n) is 5.07. The van der Waals surface area contributed by atoms with Crippen LogP contribution in [0.25, 0.3) is 10.2 Å². The van der Waals surface area contributed by atoms with Crippen molar-refractivity contribution in [3.8, 4) is 17.7 Å². The highest BCUT2D eigenvalue weighted by Crippen LogP contribution is 2.51. The summed E-state index contributed by atoms with van der Waals surface area (Å²) >= 11 is 1.53. The number of carboxylic acids is 1. The number of methoxy groups -OCH3 is 1. The van der Waals surface area contributed by atoms with Gasteiger partial charge in [0, 0.05) is 11.3 Å². The summed E-state index contributed by atoms with van der Waals surface area (Å²) in [4.78, 5) is 17.0. The van der Waals surface area contributed by atoms with Crippen molar-refractivity contribution in [2.24, 2.45) is 0 Å². The molecule has 8 heteroatoms. The number of pyridine rings is 1. The van der Waals surface area contributed by atoms with E-state index in [4.69, 9.17) is 9.47 Å². The molecule has 152 valence electrons. The molecule has 0 saturated carbocycles. The van der Waals surface area contributed by atoms with Crippen molar-refractivity contribution in [1.29, 1.82) is 5.26 Å². The van der Waals surface area contributed by atoms with Gasteiger partial charge in [-0.2, -0.15) is 5.26 Å². The number of aromatic nitrogens is 1. The number of nitrogens with one attached hydrogen (secondary N) is 1. The van der Waals surface area contributed by atoms with Gasteiger partial charge in [-0.25, -0.2) is 9.78 Å². The van der Waals surface area contributed by atoms with Gasteiger partial charge in [-0.1, -0.05) is 6.07 Å². The molecule has 0 spiro atoms. The van der Waals surface area contributed by atoms with E-state index in [-0.39, 0.29) is 5.57 Å². The number of ether oxygens (including phenoxy) is 2. The lowest BCUT2D eigenvalue weighted by atomic mass is 9.80. The molecule has 2 aromatic heterocycles. The Bertz CT molecular complexity index is 1240. The van der Waals surface area contributed by atoms with Crippen LogP contribution in [0.4, 0.5) is 5.69 Å². The van der Waals surface area contributed by atoms with E-state index < -0.39 is 11.9 Å². The first-order valence-corrected chi connectivity index (χ1v) is 10.2. The fourth-order valence-corrected chi connectivity index (χ4v) is 4.69. The van der Waals surface area contributed by atoms with Crippen LogP contribution in [0.3, 0.4) is 0 Å². The number of carbonyl (C=O) groups is 1. The quantitative estimate of drug-likeness (QED) is 0.625. The number of fused-ring (bicyclic) bond motifs is 3. The maximum Gasteiger partial charge on any atom is 0.334 e. The monoisotopic (exact) mass is 421 g/mol. The van der Waals surface area contributed by atoms with Crippen LogP contribution < -0.4 is 14.8 Å². The molecule has 4 rings (SSSR count). The van der Waals surface area contributed by atoms with Crippen LogP contribution in [0.2, 0.25) is 0 Å². The Labute approximate surface area is 177 Å².